The second-order valence-corrected chi connectivity index (χ2v) is 5.67. The van der Waals surface area contributed by atoms with Gasteiger partial charge in [-0.1, -0.05) is 23.4 Å². The van der Waals surface area contributed by atoms with Crippen molar-refractivity contribution in [1.82, 2.24) is 0 Å². The molecule has 0 fully saturated rings. The molecule has 25 heavy (non-hydrogen) atoms. The molecule has 1 heterocycles. The molecule has 0 unspecified atom stereocenters. The van der Waals surface area contributed by atoms with Gasteiger partial charge >= 0.3 is 0 Å². The summed E-state index contributed by atoms with van der Waals surface area (Å²) in [6, 6.07) is 6.34. The van der Waals surface area contributed by atoms with E-state index in [-0.39, 0.29) is 18.0 Å². The minimum atomic E-state index is -0.666. The van der Waals surface area contributed by atoms with Crippen molar-refractivity contribution in [3.63, 3.8) is 0 Å². The number of fused-ring (bicyclic) bond motifs is 1. The van der Waals surface area contributed by atoms with Gasteiger partial charge in [0.05, 0.1) is 11.5 Å². The highest BCUT2D eigenvalue weighted by molar-refractivity contribution is 6.30. The molecule has 1 aliphatic rings. The average Bonchev–Trinajstić information content (AvgIpc) is 2.59. The third-order valence-electron chi connectivity index (χ3n) is 3.56. The lowest BCUT2D eigenvalue weighted by Gasteiger charge is -2.19. The van der Waals surface area contributed by atoms with Crippen molar-refractivity contribution >= 4 is 29.1 Å². The van der Waals surface area contributed by atoms with Crippen LogP contribution >= 0.6 is 11.6 Å². The largest absolute Gasteiger partial charge is 0.872 e. The Kier molecular flexibility index (Phi) is 4.69. The molecule has 0 aliphatic carbocycles. The number of hydrogen-bond donors (Lipinski definition) is 0. The second kappa shape index (κ2) is 6.92. The molecule has 0 aromatic heterocycles. The molecule has 0 atom stereocenters. The Morgan fingerprint density at radius 2 is 2.08 bits per heavy atom. The van der Waals surface area contributed by atoms with Crippen molar-refractivity contribution in [2.75, 3.05) is 6.79 Å². The van der Waals surface area contributed by atoms with Crippen molar-refractivity contribution in [2.45, 2.75) is 6.61 Å². The lowest BCUT2D eigenvalue weighted by atomic mass is 10.0. The van der Waals surface area contributed by atoms with E-state index in [1.165, 1.54) is 6.08 Å². The molecule has 0 amide bonds. The van der Waals surface area contributed by atoms with Gasteiger partial charge in [0.25, 0.3) is 5.69 Å². The third-order valence-corrected chi connectivity index (χ3v) is 3.78. The van der Waals surface area contributed by atoms with Crippen LogP contribution in [0.1, 0.15) is 21.5 Å². The number of ether oxygens (including phenoxy) is 2. The maximum Gasteiger partial charge on any atom is 0.270 e. The second-order valence-electron chi connectivity index (χ2n) is 5.23. The molecule has 0 radical (unpaired) electrons. The van der Waals surface area contributed by atoms with E-state index in [9.17, 15) is 20.0 Å². The maximum absolute atomic E-state index is 12.3. The Morgan fingerprint density at radius 3 is 2.84 bits per heavy atom. The van der Waals surface area contributed by atoms with Gasteiger partial charge in [-0.3, -0.25) is 14.9 Å². The molecular formula is C17H11ClNO6-. The van der Waals surface area contributed by atoms with Gasteiger partial charge in [-0.2, -0.15) is 0 Å². The predicted molar refractivity (Wildman–Crippen MR) is 87.6 cm³/mol. The average molecular weight is 361 g/mol. The normalized spacial score (nSPS) is 13.3. The van der Waals surface area contributed by atoms with E-state index in [2.05, 4.69) is 0 Å². The molecule has 8 heteroatoms. The SMILES string of the molecule is O=C(/C=C/c1cc(Cl)cc2c1OCOC2)c1cc([N+](=O)[O-])ccc1[O-]. The van der Waals surface area contributed by atoms with Crippen LogP contribution in [0, 0.1) is 10.1 Å². The number of nitrogens with zero attached hydrogens (tertiary/aromatic N) is 1. The molecule has 0 N–H and O–H groups in total. The van der Waals surface area contributed by atoms with Crippen LogP contribution in [-0.2, 0) is 11.3 Å². The fraction of sp³-hybridized carbons (Fsp3) is 0.118. The minimum absolute atomic E-state index is 0.0823. The van der Waals surface area contributed by atoms with E-state index in [1.54, 1.807) is 12.1 Å². The Morgan fingerprint density at radius 1 is 1.28 bits per heavy atom. The number of carbonyl (C=O) groups is 1. The van der Waals surface area contributed by atoms with Crippen LogP contribution in [0.5, 0.6) is 11.5 Å². The molecule has 128 valence electrons. The molecule has 2 aromatic carbocycles. The van der Waals surface area contributed by atoms with Crippen LogP contribution in [0.3, 0.4) is 0 Å². The van der Waals surface area contributed by atoms with Crippen LogP contribution in [0.25, 0.3) is 6.08 Å². The van der Waals surface area contributed by atoms with Crippen LogP contribution < -0.4 is 9.84 Å². The summed E-state index contributed by atoms with van der Waals surface area (Å²) in [7, 11) is 0. The maximum atomic E-state index is 12.3. The number of allylic oxidation sites excluding steroid dienone is 1. The van der Waals surface area contributed by atoms with E-state index < -0.39 is 16.5 Å². The van der Waals surface area contributed by atoms with Crippen LogP contribution in [0.2, 0.25) is 5.02 Å². The van der Waals surface area contributed by atoms with E-state index >= 15 is 0 Å². The van der Waals surface area contributed by atoms with Crippen molar-refractivity contribution in [3.05, 3.63) is 68.2 Å². The van der Waals surface area contributed by atoms with E-state index in [0.717, 1.165) is 29.8 Å². The highest BCUT2D eigenvalue weighted by atomic mass is 35.5. The summed E-state index contributed by atoms with van der Waals surface area (Å²) >= 11 is 6.04. The number of carbonyl (C=O) groups excluding carboxylic acids is 1. The first-order valence-corrected chi connectivity index (χ1v) is 7.54. The predicted octanol–water partition coefficient (Wildman–Crippen LogP) is 3.08. The molecule has 7 nitrogen and oxygen atoms in total. The van der Waals surface area contributed by atoms with Crippen LogP contribution in [-0.4, -0.2) is 17.5 Å². The molecule has 0 saturated heterocycles. The molecule has 0 saturated carbocycles. The van der Waals surface area contributed by atoms with Gasteiger partial charge < -0.3 is 14.6 Å². The molecule has 3 rings (SSSR count). The Bertz CT molecular complexity index is 893. The Hall–Kier alpha value is -2.90. The van der Waals surface area contributed by atoms with Gasteiger partial charge in [-0.05, 0) is 24.3 Å². The van der Waals surface area contributed by atoms with E-state index in [0.29, 0.717) is 22.9 Å². The summed E-state index contributed by atoms with van der Waals surface area (Å²) in [5, 5.41) is 23.0. The Labute approximate surface area is 147 Å². The fourth-order valence-corrected chi connectivity index (χ4v) is 2.66. The monoisotopic (exact) mass is 360 g/mol. The number of hydrogen-bond acceptors (Lipinski definition) is 6. The number of rotatable bonds is 4. The molecular weight excluding hydrogens is 350 g/mol. The van der Waals surface area contributed by atoms with Crippen molar-refractivity contribution in [2.24, 2.45) is 0 Å². The summed E-state index contributed by atoms with van der Waals surface area (Å²) in [6.07, 6.45) is 2.61. The van der Waals surface area contributed by atoms with Crippen molar-refractivity contribution < 1.29 is 24.3 Å². The lowest BCUT2D eigenvalue weighted by Crippen LogP contribution is -2.12. The van der Waals surface area contributed by atoms with E-state index in [1.807, 2.05) is 0 Å². The van der Waals surface area contributed by atoms with Crippen molar-refractivity contribution in [1.29, 1.82) is 0 Å². The highest BCUT2D eigenvalue weighted by Gasteiger charge is 2.16. The fourth-order valence-electron chi connectivity index (χ4n) is 2.41. The number of ketones is 1. The van der Waals surface area contributed by atoms with Gasteiger partial charge in [0, 0.05) is 33.8 Å². The summed E-state index contributed by atoms with van der Waals surface area (Å²) in [4.78, 5) is 22.4. The number of benzene rings is 2. The van der Waals surface area contributed by atoms with Crippen molar-refractivity contribution in [3.8, 4) is 11.5 Å². The smallest absolute Gasteiger partial charge is 0.270 e. The zero-order chi connectivity index (χ0) is 18.0. The highest BCUT2D eigenvalue weighted by Crippen LogP contribution is 2.32. The number of halogens is 1. The molecule has 2 aromatic rings. The summed E-state index contributed by atoms with van der Waals surface area (Å²) in [6.45, 7) is 0.416. The number of non-ortho nitro benzene ring substituents is 1. The third kappa shape index (κ3) is 3.62. The number of nitro benzene ring substituents is 1. The topological polar surface area (TPSA) is 102 Å². The van der Waals surface area contributed by atoms with Crippen LogP contribution in [0.15, 0.2) is 36.4 Å². The summed E-state index contributed by atoms with van der Waals surface area (Å²) in [5.74, 6) is -0.686. The molecule has 0 spiro atoms. The Balaban J connectivity index is 1.93. The zero-order valence-corrected chi connectivity index (χ0v) is 13.5. The van der Waals surface area contributed by atoms with Gasteiger partial charge in [-0.25, -0.2) is 0 Å². The van der Waals surface area contributed by atoms with Gasteiger partial charge in [0.15, 0.2) is 12.6 Å². The number of nitro groups is 1. The van der Waals surface area contributed by atoms with Gasteiger partial charge in [0.1, 0.15) is 5.75 Å². The quantitative estimate of drug-likeness (QED) is 0.359. The first-order chi connectivity index (χ1) is 12.0. The van der Waals surface area contributed by atoms with Gasteiger partial charge in [-0.15, -0.1) is 0 Å². The molecule has 0 bridgehead atoms. The molecule has 1 aliphatic heterocycles. The standard InChI is InChI=1S/C17H12ClNO6/c18-12-5-10(17-11(6-12)8-24-9-25-17)1-3-15(20)14-7-13(19(22)23)2-4-16(14)21/h1-7,21H,8-9H2/p-1/b3-1+. The minimum Gasteiger partial charge on any atom is -0.872 e. The van der Waals surface area contributed by atoms with E-state index in [4.69, 9.17) is 21.1 Å². The first-order valence-electron chi connectivity index (χ1n) is 7.16. The zero-order valence-electron chi connectivity index (χ0n) is 12.7. The first kappa shape index (κ1) is 16.9. The van der Waals surface area contributed by atoms with Gasteiger partial charge in [0.2, 0.25) is 0 Å². The lowest BCUT2D eigenvalue weighted by molar-refractivity contribution is -0.385. The summed E-state index contributed by atoms with van der Waals surface area (Å²) in [5.41, 5.74) is 0.699. The summed E-state index contributed by atoms with van der Waals surface area (Å²) < 4.78 is 10.6. The van der Waals surface area contributed by atoms with Crippen LogP contribution in [0.4, 0.5) is 5.69 Å².